The molecule has 1 aliphatic rings. The van der Waals surface area contributed by atoms with Crippen molar-refractivity contribution in [2.45, 2.75) is 39.7 Å². The van der Waals surface area contributed by atoms with Crippen molar-refractivity contribution in [2.24, 2.45) is 0 Å². The zero-order valence-electron chi connectivity index (χ0n) is 14.3. The fraction of sp³-hybridized carbons (Fsp3) is 0.300. The van der Waals surface area contributed by atoms with Crippen LogP contribution >= 0.6 is 0 Å². The van der Waals surface area contributed by atoms with Crippen molar-refractivity contribution >= 4 is 23.2 Å². The minimum absolute atomic E-state index is 0.0596. The van der Waals surface area contributed by atoms with Crippen molar-refractivity contribution in [2.75, 3.05) is 10.2 Å². The first-order valence-corrected chi connectivity index (χ1v) is 8.24. The molecule has 2 aromatic rings. The summed E-state index contributed by atoms with van der Waals surface area (Å²) in [5, 5.41) is 2.90. The lowest BCUT2D eigenvalue weighted by atomic mass is 10.1. The van der Waals surface area contributed by atoms with Crippen LogP contribution in [-0.2, 0) is 4.79 Å². The highest BCUT2D eigenvalue weighted by Crippen LogP contribution is 2.32. The molecule has 0 atom stereocenters. The Labute approximate surface area is 142 Å². The normalized spacial score (nSPS) is 13.5. The molecule has 0 spiro atoms. The van der Waals surface area contributed by atoms with Crippen LogP contribution in [0.1, 0.15) is 41.3 Å². The molecule has 0 bridgehead atoms. The van der Waals surface area contributed by atoms with E-state index >= 15 is 0 Å². The SMILES string of the molecule is CC(=O)N(c1ccc(NC(=O)c2ccc(C)c(C)c2)cc1)C1CC1. The summed E-state index contributed by atoms with van der Waals surface area (Å²) in [7, 11) is 0. The third kappa shape index (κ3) is 3.48. The fourth-order valence-electron chi connectivity index (χ4n) is 2.77. The molecule has 1 fully saturated rings. The van der Waals surface area contributed by atoms with Gasteiger partial charge < -0.3 is 10.2 Å². The number of hydrogen-bond acceptors (Lipinski definition) is 2. The van der Waals surface area contributed by atoms with Gasteiger partial charge in [0.15, 0.2) is 0 Å². The maximum Gasteiger partial charge on any atom is 0.255 e. The quantitative estimate of drug-likeness (QED) is 0.922. The number of carbonyl (C=O) groups is 2. The van der Waals surface area contributed by atoms with Gasteiger partial charge in [-0.3, -0.25) is 9.59 Å². The molecule has 0 heterocycles. The van der Waals surface area contributed by atoms with Crippen LogP contribution in [0.4, 0.5) is 11.4 Å². The van der Waals surface area contributed by atoms with Gasteiger partial charge in [0.2, 0.25) is 5.91 Å². The predicted octanol–water partition coefficient (Wildman–Crippen LogP) is 4.07. The molecule has 124 valence electrons. The third-order valence-electron chi connectivity index (χ3n) is 4.42. The van der Waals surface area contributed by atoms with Gasteiger partial charge in [-0.2, -0.15) is 0 Å². The molecule has 4 heteroatoms. The topological polar surface area (TPSA) is 49.4 Å². The Balaban J connectivity index is 1.72. The van der Waals surface area contributed by atoms with Crippen LogP contribution in [0.15, 0.2) is 42.5 Å². The molecule has 1 N–H and O–H groups in total. The second-order valence-corrected chi connectivity index (χ2v) is 6.42. The van der Waals surface area contributed by atoms with E-state index in [1.165, 1.54) is 5.56 Å². The van der Waals surface area contributed by atoms with Crippen LogP contribution in [0, 0.1) is 13.8 Å². The van der Waals surface area contributed by atoms with Crippen LogP contribution in [0.5, 0.6) is 0 Å². The summed E-state index contributed by atoms with van der Waals surface area (Å²) in [5.41, 5.74) is 4.51. The highest BCUT2D eigenvalue weighted by molar-refractivity contribution is 6.04. The molecule has 0 unspecified atom stereocenters. The number of hydrogen-bond donors (Lipinski definition) is 1. The monoisotopic (exact) mass is 322 g/mol. The molecule has 24 heavy (non-hydrogen) atoms. The lowest BCUT2D eigenvalue weighted by Gasteiger charge is -2.21. The van der Waals surface area contributed by atoms with Crippen LogP contribution in [0.2, 0.25) is 0 Å². The van der Waals surface area contributed by atoms with Crippen molar-refractivity contribution in [3.05, 3.63) is 59.2 Å². The van der Waals surface area contributed by atoms with Crippen molar-refractivity contribution in [3.8, 4) is 0 Å². The second-order valence-electron chi connectivity index (χ2n) is 6.42. The molecular weight excluding hydrogens is 300 g/mol. The smallest absolute Gasteiger partial charge is 0.255 e. The van der Waals surface area contributed by atoms with Crippen LogP contribution < -0.4 is 10.2 Å². The highest BCUT2D eigenvalue weighted by Gasteiger charge is 2.31. The largest absolute Gasteiger partial charge is 0.322 e. The molecule has 0 aromatic heterocycles. The van der Waals surface area contributed by atoms with Gasteiger partial charge in [0.05, 0.1) is 0 Å². The summed E-state index contributed by atoms with van der Waals surface area (Å²) in [6, 6.07) is 13.5. The molecule has 1 saturated carbocycles. The number of rotatable bonds is 4. The first kappa shape index (κ1) is 16.2. The second kappa shape index (κ2) is 6.48. The predicted molar refractivity (Wildman–Crippen MR) is 96.5 cm³/mol. The van der Waals surface area contributed by atoms with E-state index < -0.39 is 0 Å². The number of anilines is 2. The van der Waals surface area contributed by atoms with E-state index in [1.54, 1.807) is 6.92 Å². The van der Waals surface area contributed by atoms with Gasteiger partial charge in [0.1, 0.15) is 0 Å². The zero-order valence-corrected chi connectivity index (χ0v) is 14.3. The Kier molecular flexibility index (Phi) is 4.38. The van der Waals surface area contributed by atoms with E-state index in [4.69, 9.17) is 0 Å². The number of amides is 2. The first-order valence-electron chi connectivity index (χ1n) is 8.24. The van der Waals surface area contributed by atoms with Crippen LogP contribution in [0.25, 0.3) is 0 Å². The van der Waals surface area contributed by atoms with Gasteiger partial charge in [0.25, 0.3) is 5.91 Å². The molecular formula is C20H22N2O2. The van der Waals surface area contributed by atoms with Crippen LogP contribution in [-0.4, -0.2) is 17.9 Å². The number of aryl methyl sites for hydroxylation is 2. The fourth-order valence-corrected chi connectivity index (χ4v) is 2.77. The molecule has 1 aliphatic carbocycles. The van der Waals surface area contributed by atoms with Gasteiger partial charge in [-0.15, -0.1) is 0 Å². The average molecular weight is 322 g/mol. The van der Waals surface area contributed by atoms with Crippen molar-refractivity contribution in [1.82, 2.24) is 0 Å². The molecule has 3 rings (SSSR count). The number of carbonyl (C=O) groups excluding carboxylic acids is 2. The Bertz CT molecular complexity index is 777. The van der Waals surface area contributed by atoms with E-state index in [2.05, 4.69) is 5.32 Å². The molecule has 0 radical (unpaired) electrons. The molecule has 4 nitrogen and oxygen atoms in total. The lowest BCUT2D eigenvalue weighted by Crippen LogP contribution is -2.30. The van der Waals surface area contributed by atoms with E-state index in [0.717, 1.165) is 29.8 Å². The van der Waals surface area contributed by atoms with Crippen molar-refractivity contribution < 1.29 is 9.59 Å². The third-order valence-corrected chi connectivity index (χ3v) is 4.42. The maximum absolute atomic E-state index is 12.3. The number of nitrogens with one attached hydrogen (secondary N) is 1. The Morgan fingerprint density at radius 2 is 1.67 bits per heavy atom. The minimum atomic E-state index is -0.128. The van der Waals surface area contributed by atoms with Gasteiger partial charge in [-0.25, -0.2) is 0 Å². The molecule has 0 saturated heterocycles. The zero-order chi connectivity index (χ0) is 17.3. The Morgan fingerprint density at radius 1 is 1.00 bits per heavy atom. The summed E-state index contributed by atoms with van der Waals surface area (Å²) in [6.07, 6.45) is 2.12. The molecule has 2 aromatic carbocycles. The first-order chi connectivity index (χ1) is 11.5. The van der Waals surface area contributed by atoms with E-state index in [-0.39, 0.29) is 11.8 Å². The standard InChI is InChI=1S/C20H22N2O2/c1-13-4-5-16(12-14(13)2)20(24)21-17-6-8-18(9-7-17)22(15(3)23)19-10-11-19/h4-9,12,19H,10-11H2,1-3H3,(H,21,24). The number of nitrogens with zero attached hydrogens (tertiary/aromatic N) is 1. The van der Waals surface area contributed by atoms with E-state index in [1.807, 2.05) is 61.2 Å². The van der Waals surface area contributed by atoms with E-state index in [0.29, 0.717) is 11.6 Å². The van der Waals surface area contributed by atoms with Crippen molar-refractivity contribution in [3.63, 3.8) is 0 Å². The van der Waals surface area contributed by atoms with Gasteiger partial charge >= 0.3 is 0 Å². The summed E-state index contributed by atoms with van der Waals surface area (Å²) >= 11 is 0. The summed E-state index contributed by atoms with van der Waals surface area (Å²) in [5.74, 6) is -0.0686. The average Bonchev–Trinajstić information content (AvgIpc) is 3.36. The van der Waals surface area contributed by atoms with Gasteiger partial charge in [0, 0.05) is 29.9 Å². The van der Waals surface area contributed by atoms with Gasteiger partial charge in [-0.05, 0) is 74.2 Å². The van der Waals surface area contributed by atoms with Crippen LogP contribution in [0.3, 0.4) is 0 Å². The Hall–Kier alpha value is -2.62. The minimum Gasteiger partial charge on any atom is -0.322 e. The summed E-state index contributed by atoms with van der Waals surface area (Å²) in [4.78, 5) is 26.0. The Morgan fingerprint density at radius 3 is 2.21 bits per heavy atom. The maximum atomic E-state index is 12.3. The summed E-state index contributed by atoms with van der Waals surface area (Å²) < 4.78 is 0. The molecule has 2 amide bonds. The summed E-state index contributed by atoms with van der Waals surface area (Å²) in [6.45, 7) is 5.61. The van der Waals surface area contributed by atoms with E-state index in [9.17, 15) is 9.59 Å². The van der Waals surface area contributed by atoms with Gasteiger partial charge in [-0.1, -0.05) is 6.07 Å². The highest BCUT2D eigenvalue weighted by atomic mass is 16.2. The lowest BCUT2D eigenvalue weighted by molar-refractivity contribution is -0.116. The van der Waals surface area contributed by atoms with Crippen molar-refractivity contribution in [1.29, 1.82) is 0 Å². The molecule has 0 aliphatic heterocycles. The number of benzene rings is 2.